The zero-order valence-electron chi connectivity index (χ0n) is 12.9. The summed E-state index contributed by atoms with van der Waals surface area (Å²) in [7, 11) is 0. The van der Waals surface area contributed by atoms with Gasteiger partial charge in [0.1, 0.15) is 5.82 Å². The fraction of sp³-hybridized carbons (Fsp3) is 0.316. The van der Waals surface area contributed by atoms with Gasteiger partial charge in [-0.3, -0.25) is 0 Å². The van der Waals surface area contributed by atoms with E-state index in [-0.39, 0.29) is 0 Å². The molecule has 2 N–H and O–H groups in total. The van der Waals surface area contributed by atoms with Gasteiger partial charge in [-0.15, -0.1) is 0 Å². The molecule has 0 amide bonds. The summed E-state index contributed by atoms with van der Waals surface area (Å²) in [5, 5.41) is 1.10. The van der Waals surface area contributed by atoms with Crippen LogP contribution in [-0.4, -0.2) is 9.55 Å². The molecule has 1 aromatic carbocycles. The van der Waals surface area contributed by atoms with Gasteiger partial charge in [0.25, 0.3) is 0 Å². The topological polar surface area (TPSA) is 43.8 Å². The average Bonchev–Trinajstić information content (AvgIpc) is 3.15. The number of nitrogen functional groups attached to an aromatic ring is 1. The van der Waals surface area contributed by atoms with E-state index in [1.54, 1.807) is 0 Å². The number of hydrogen-bond donors (Lipinski definition) is 1. The molecule has 1 aliphatic carbocycles. The predicted molar refractivity (Wildman–Crippen MR) is 91.8 cm³/mol. The van der Waals surface area contributed by atoms with Gasteiger partial charge in [-0.05, 0) is 31.4 Å². The van der Waals surface area contributed by atoms with Crippen LogP contribution in [0.1, 0.15) is 37.3 Å². The summed E-state index contributed by atoms with van der Waals surface area (Å²) >= 11 is 0. The average molecular weight is 291 g/mol. The first kappa shape index (κ1) is 13.4. The molecule has 0 spiro atoms. The second kappa shape index (κ2) is 5.16. The van der Waals surface area contributed by atoms with Crippen molar-refractivity contribution in [1.82, 2.24) is 9.55 Å². The van der Waals surface area contributed by atoms with Crippen molar-refractivity contribution in [1.29, 1.82) is 0 Å². The van der Waals surface area contributed by atoms with E-state index in [0.717, 1.165) is 5.39 Å². The second-order valence-electron chi connectivity index (χ2n) is 6.34. The van der Waals surface area contributed by atoms with E-state index in [9.17, 15) is 0 Å². The third-order valence-corrected chi connectivity index (χ3v) is 4.85. The summed E-state index contributed by atoms with van der Waals surface area (Å²) in [6.07, 6.45) is 9.28. The monoisotopic (exact) mass is 291 g/mol. The molecule has 0 atom stereocenters. The van der Waals surface area contributed by atoms with Crippen LogP contribution in [0.3, 0.4) is 0 Å². The fourth-order valence-electron chi connectivity index (χ4n) is 3.67. The van der Waals surface area contributed by atoms with Crippen LogP contribution in [0.25, 0.3) is 22.0 Å². The molecule has 0 radical (unpaired) electrons. The molecule has 0 bridgehead atoms. The Morgan fingerprint density at radius 3 is 2.55 bits per heavy atom. The highest BCUT2D eigenvalue weighted by Gasteiger charge is 2.21. The maximum Gasteiger partial charge on any atom is 0.133 e. The van der Waals surface area contributed by atoms with Gasteiger partial charge in [-0.2, -0.15) is 0 Å². The maximum atomic E-state index is 6.21. The molecular weight excluding hydrogens is 270 g/mol. The zero-order chi connectivity index (χ0) is 15.1. The van der Waals surface area contributed by atoms with E-state index in [1.807, 2.05) is 6.20 Å². The van der Waals surface area contributed by atoms with Crippen LogP contribution in [0.4, 0.5) is 5.82 Å². The lowest BCUT2D eigenvalue weighted by atomic mass is 10.0. The Balaban J connectivity index is 1.95. The van der Waals surface area contributed by atoms with Crippen molar-refractivity contribution in [2.75, 3.05) is 5.73 Å². The summed E-state index contributed by atoms with van der Waals surface area (Å²) in [5.41, 5.74) is 11.1. The summed E-state index contributed by atoms with van der Waals surface area (Å²) in [6, 6.07) is 11.4. The molecule has 1 aliphatic rings. The normalized spacial score (nSPS) is 15.7. The van der Waals surface area contributed by atoms with Crippen LogP contribution < -0.4 is 5.73 Å². The smallest absolute Gasteiger partial charge is 0.133 e. The summed E-state index contributed by atoms with van der Waals surface area (Å²) < 4.78 is 2.43. The van der Waals surface area contributed by atoms with Gasteiger partial charge < -0.3 is 10.3 Å². The van der Waals surface area contributed by atoms with Crippen molar-refractivity contribution in [2.24, 2.45) is 0 Å². The number of nitrogens with zero attached hydrogens (tertiary/aromatic N) is 2. The molecule has 3 heteroatoms. The van der Waals surface area contributed by atoms with Gasteiger partial charge in [0.15, 0.2) is 0 Å². The van der Waals surface area contributed by atoms with Crippen molar-refractivity contribution in [3.8, 4) is 11.1 Å². The number of fused-ring (bicyclic) bond motifs is 1. The van der Waals surface area contributed by atoms with Gasteiger partial charge in [-0.25, -0.2) is 4.98 Å². The van der Waals surface area contributed by atoms with E-state index >= 15 is 0 Å². The third kappa shape index (κ3) is 2.08. The highest BCUT2D eigenvalue weighted by molar-refractivity contribution is 6.02. The Hall–Kier alpha value is -2.29. The molecule has 0 aliphatic heterocycles. The first-order valence-electron chi connectivity index (χ1n) is 8.06. The molecule has 3 aromatic rings. The van der Waals surface area contributed by atoms with Crippen molar-refractivity contribution in [3.63, 3.8) is 0 Å². The largest absolute Gasteiger partial charge is 0.383 e. The van der Waals surface area contributed by atoms with E-state index in [2.05, 4.69) is 53.0 Å². The van der Waals surface area contributed by atoms with Crippen LogP contribution >= 0.6 is 0 Å². The number of anilines is 1. The number of aromatic nitrogens is 2. The number of hydrogen-bond acceptors (Lipinski definition) is 2. The third-order valence-electron chi connectivity index (χ3n) is 4.85. The van der Waals surface area contributed by atoms with Crippen molar-refractivity contribution >= 4 is 16.7 Å². The van der Waals surface area contributed by atoms with Crippen LogP contribution in [-0.2, 0) is 0 Å². The molecule has 2 heterocycles. The number of pyridine rings is 1. The number of rotatable bonds is 2. The maximum absolute atomic E-state index is 6.21. The Morgan fingerprint density at radius 1 is 1.09 bits per heavy atom. The molecule has 112 valence electrons. The molecule has 3 nitrogen and oxygen atoms in total. The summed E-state index contributed by atoms with van der Waals surface area (Å²) in [5.74, 6) is 0.629. The molecule has 4 rings (SSSR count). The van der Waals surface area contributed by atoms with Gasteiger partial charge in [0.2, 0.25) is 0 Å². The van der Waals surface area contributed by atoms with Crippen LogP contribution in [0.5, 0.6) is 0 Å². The highest BCUT2D eigenvalue weighted by atomic mass is 15.0. The Bertz CT molecular complexity index is 809. The van der Waals surface area contributed by atoms with Gasteiger partial charge in [0, 0.05) is 29.4 Å². The molecule has 2 aromatic heterocycles. The highest BCUT2D eigenvalue weighted by Crippen LogP contribution is 2.39. The quantitative estimate of drug-likeness (QED) is 0.743. The first-order valence-corrected chi connectivity index (χ1v) is 8.06. The van der Waals surface area contributed by atoms with Crippen LogP contribution in [0.15, 0.2) is 42.7 Å². The molecule has 1 fully saturated rings. The lowest BCUT2D eigenvalue weighted by Gasteiger charge is -2.13. The molecule has 0 unspecified atom stereocenters. The SMILES string of the molecule is Cc1ccc(-c2cn(C3CCCC3)c3ccnc(N)c23)cc1. The number of aryl methyl sites for hydroxylation is 1. The van der Waals surface area contributed by atoms with Gasteiger partial charge >= 0.3 is 0 Å². The number of nitrogens with two attached hydrogens (primary N) is 1. The van der Waals surface area contributed by atoms with E-state index in [0.29, 0.717) is 11.9 Å². The Kier molecular flexibility index (Phi) is 3.14. The van der Waals surface area contributed by atoms with Crippen molar-refractivity contribution in [2.45, 2.75) is 38.6 Å². The Labute approximate surface area is 130 Å². The van der Waals surface area contributed by atoms with E-state index in [1.165, 1.54) is 47.9 Å². The lowest BCUT2D eigenvalue weighted by molar-refractivity contribution is 0.536. The van der Waals surface area contributed by atoms with Crippen molar-refractivity contribution < 1.29 is 0 Å². The fourth-order valence-corrected chi connectivity index (χ4v) is 3.67. The minimum Gasteiger partial charge on any atom is -0.383 e. The first-order chi connectivity index (χ1) is 10.7. The van der Waals surface area contributed by atoms with E-state index < -0.39 is 0 Å². The van der Waals surface area contributed by atoms with Gasteiger partial charge in [0.05, 0.1) is 5.52 Å². The minimum absolute atomic E-state index is 0.600. The van der Waals surface area contributed by atoms with Gasteiger partial charge in [-0.1, -0.05) is 42.7 Å². The predicted octanol–water partition coefficient (Wildman–Crippen LogP) is 4.71. The minimum atomic E-state index is 0.600. The standard InChI is InChI=1S/C19H21N3/c1-13-6-8-14(9-7-13)16-12-22(15-4-2-3-5-15)17-10-11-21-19(20)18(16)17/h6-12,15H,2-5H2,1H3,(H2,20,21). The van der Waals surface area contributed by atoms with E-state index in [4.69, 9.17) is 5.73 Å². The second-order valence-corrected chi connectivity index (χ2v) is 6.34. The molecule has 22 heavy (non-hydrogen) atoms. The molecular formula is C19H21N3. The van der Waals surface area contributed by atoms with Crippen LogP contribution in [0.2, 0.25) is 0 Å². The number of benzene rings is 1. The summed E-state index contributed by atoms with van der Waals surface area (Å²) in [6.45, 7) is 2.11. The zero-order valence-corrected chi connectivity index (χ0v) is 12.9. The van der Waals surface area contributed by atoms with Crippen LogP contribution in [0, 0.1) is 6.92 Å². The molecule has 0 saturated heterocycles. The lowest BCUT2D eigenvalue weighted by Crippen LogP contribution is -2.02. The summed E-state index contributed by atoms with van der Waals surface area (Å²) in [4.78, 5) is 4.32. The molecule has 1 saturated carbocycles. The van der Waals surface area contributed by atoms with Crippen molar-refractivity contribution in [3.05, 3.63) is 48.3 Å². The Morgan fingerprint density at radius 2 is 1.82 bits per heavy atom.